The number of rotatable bonds is 2. The molecule has 0 bridgehead atoms. The summed E-state index contributed by atoms with van der Waals surface area (Å²) in [5, 5.41) is 2.79. The number of hydrogen-bond acceptors (Lipinski definition) is 1. The molecular formula is C13H19NO. The highest BCUT2D eigenvalue weighted by molar-refractivity contribution is 5.81. The van der Waals surface area contributed by atoms with Gasteiger partial charge in [-0.3, -0.25) is 4.79 Å². The Bertz CT molecular complexity index is 298. The number of hydrogen-bond donors (Lipinski definition) is 1. The third-order valence-corrected chi connectivity index (χ3v) is 1.84. The fourth-order valence-corrected chi connectivity index (χ4v) is 1.26. The predicted octanol–water partition coefficient (Wildman–Crippen LogP) is 3.10. The summed E-state index contributed by atoms with van der Waals surface area (Å²) in [5.41, 5.74) is 1.95. The summed E-state index contributed by atoms with van der Waals surface area (Å²) in [6.45, 7) is 11.2. The second-order valence-corrected chi connectivity index (χ2v) is 2.79. The molecule has 2 nitrogen and oxygen atoms in total. The van der Waals surface area contributed by atoms with E-state index in [0.717, 1.165) is 17.7 Å². The molecular weight excluding hydrogens is 186 g/mol. The minimum Gasteiger partial charge on any atom is -0.326 e. The summed E-state index contributed by atoms with van der Waals surface area (Å²) >= 11 is 0. The molecule has 1 rings (SSSR count). The fraction of sp³-hybridized carbons (Fsp3) is 0.308. The summed E-state index contributed by atoms with van der Waals surface area (Å²) in [6, 6.07) is 0. The molecule has 0 aromatic heterocycles. The number of carbonyl (C=O) groups is 1. The lowest BCUT2D eigenvalue weighted by Gasteiger charge is -2.18. The summed E-state index contributed by atoms with van der Waals surface area (Å²) in [7, 11) is 0. The summed E-state index contributed by atoms with van der Waals surface area (Å²) in [5.74, 6) is 0.0642. The van der Waals surface area contributed by atoms with Crippen molar-refractivity contribution in [1.82, 2.24) is 5.32 Å². The average Bonchev–Trinajstić information content (AvgIpc) is 2.26. The first-order chi connectivity index (χ1) is 7.27. The van der Waals surface area contributed by atoms with Gasteiger partial charge in [0.2, 0.25) is 5.91 Å². The average molecular weight is 205 g/mol. The van der Waals surface area contributed by atoms with E-state index in [1.165, 1.54) is 0 Å². The van der Waals surface area contributed by atoms with Crippen LogP contribution in [0.15, 0.2) is 48.7 Å². The van der Waals surface area contributed by atoms with Crippen molar-refractivity contribution in [2.45, 2.75) is 26.7 Å². The molecule has 82 valence electrons. The van der Waals surface area contributed by atoms with Gasteiger partial charge in [-0.05, 0) is 18.1 Å². The third-order valence-electron chi connectivity index (χ3n) is 1.84. The molecule has 1 aliphatic heterocycles. The van der Waals surface area contributed by atoms with Crippen molar-refractivity contribution < 1.29 is 4.79 Å². The fourth-order valence-electron chi connectivity index (χ4n) is 1.26. The summed E-state index contributed by atoms with van der Waals surface area (Å²) in [6.07, 6.45) is 8.43. The van der Waals surface area contributed by atoms with E-state index in [9.17, 15) is 4.79 Å². The van der Waals surface area contributed by atoms with Crippen molar-refractivity contribution in [3.8, 4) is 0 Å². The van der Waals surface area contributed by atoms with Crippen molar-refractivity contribution in [1.29, 1.82) is 0 Å². The first kappa shape index (κ1) is 13.4. The van der Waals surface area contributed by atoms with E-state index in [0.29, 0.717) is 6.42 Å². The number of amides is 1. The minimum absolute atomic E-state index is 0.0642. The maximum atomic E-state index is 11.1. The Hall–Kier alpha value is -1.57. The van der Waals surface area contributed by atoms with Crippen molar-refractivity contribution in [2.75, 3.05) is 0 Å². The lowest BCUT2D eigenvalue weighted by atomic mass is 10.0. The van der Waals surface area contributed by atoms with Gasteiger partial charge in [0.25, 0.3) is 0 Å². The molecule has 0 aromatic carbocycles. The van der Waals surface area contributed by atoms with Gasteiger partial charge in [-0.25, -0.2) is 0 Å². The second-order valence-electron chi connectivity index (χ2n) is 2.79. The zero-order valence-corrected chi connectivity index (χ0v) is 9.55. The number of nitrogens with one attached hydrogen (secondary N) is 1. The van der Waals surface area contributed by atoms with E-state index in [1.54, 1.807) is 18.2 Å². The smallest absolute Gasteiger partial charge is 0.224 e. The van der Waals surface area contributed by atoms with Gasteiger partial charge in [0.15, 0.2) is 0 Å². The zero-order chi connectivity index (χ0) is 11.7. The van der Waals surface area contributed by atoms with Crippen LogP contribution in [0.3, 0.4) is 0 Å². The molecule has 1 fully saturated rings. The maximum absolute atomic E-state index is 11.1. The summed E-state index contributed by atoms with van der Waals surface area (Å²) < 4.78 is 0. The molecule has 0 aromatic rings. The Morgan fingerprint density at radius 2 is 1.73 bits per heavy atom. The Morgan fingerprint density at radius 1 is 1.13 bits per heavy atom. The van der Waals surface area contributed by atoms with Crippen molar-refractivity contribution >= 4 is 5.91 Å². The van der Waals surface area contributed by atoms with E-state index < -0.39 is 0 Å². The lowest BCUT2D eigenvalue weighted by Crippen LogP contribution is -2.28. The van der Waals surface area contributed by atoms with Gasteiger partial charge < -0.3 is 5.32 Å². The zero-order valence-electron chi connectivity index (χ0n) is 9.55. The molecule has 15 heavy (non-hydrogen) atoms. The van der Waals surface area contributed by atoms with Crippen LogP contribution in [0.1, 0.15) is 26.7 Å². The van der Waals surface area contributed by atoms with Crippen LogP contribution in [-0.4, -0.2) is 5.91 Å². The molecule has 1 saturated heterocycles. The van der Waals surface area contributed by atoms with Gasteiger partial charge in [-0.2, -0.15) is 0 Å². The Balaban J connectivity index is 0.000000921. The van der Waals surface area contributed by atoms with Crippen LogP contribution in [0.2, 0.25) is 0 Å². The van der Waals surface area contributed by atoms with Crippen LogP contribution >= 0.6 is 0 Å². The quantitative estimate of drug-likeness (QED) is 0.737. The molecule has 2 heteroatoms. The highest BCUT2D eigenvalue weighted by Gasteiger charge is 2.15. The van der Waals surface area contributed by atoms with Gasteiger partial charge >= 0.3 is 0 Å². The van der Waals surface area contributed by atoms with Crippen molar-refractivity contribution in [3.63, 3.8) is 0 Å². The normalized spacial score (nSPS) is 20.3. The van der Waals surface area contributed by atoms with Gasteiger partial charge in [0, 0.05) is 12.1 Å². The van der Waals surface area contributed by atoms with Gasteiger partial charge in [-0.1, -0.05) is 45.2 Å². The Labute approximate surface area is 92.1 Å². The third kappa shape index (κ3) is 4.45. The number of carbonyl (C=O) groups excluding carboxylic acids is 1. The molecule has 0 saturated carbocycles. The molecule has 1 aliphatic rings. The minimum atomic E-state index is 0.0642. The largest absolute Gasteiger partial charge is 0.326 e. The van der Waals surface area contributed by atoms with E-state index in [2.05, 4.69) is 18.5 Å². The SMILES string of the molecule is C=C/C=C1/CCC(=O)N/C1=C/C=C.CC. The van der Waals surface area contributed by atoms with Crippen LogP contribution in [0.4, 0.5) is 0 Å². The standard InChI is InChI=1S/C11H13NO.C2H6/c1-3-5-9-7-8-11(13)12-10(9)6-4-2;1-2/h3-6H,1-2,7-8H2,(H,12,13);1-2H3/b9-5-,10-6+;. The van der Waals surface area contributed by atoms with E-state index in [1.807, 2.05) is 19.9 Å². The highest BCUT2D eigenvalue weighted by Crippen LogP contribution is 2.19. The van der Waals surface area contributed by atoms with Crippen LogP contribution in [0.25, 0.3) is 0 Å². The molecule has 1 amide bonds. The second kappa shape index (κ2) is 7.80. The maximum Gasteiger partial charge on any atom is 0.224 e. The number of piperidine rings is 1. The first-order valence-corrected chi connectivity index (χ1v) is 5.22. The Kier molecular flexibility index (Phi) is 6.98. The van der Waals surface area contributed by atoms with Crippen molar-refractivity contribution in [3.05, 3.63) is 48.7 Å². The van der Waals surface area contributed by atoms with Crippen LogP contribution < -0.4 is 5.32 Å². The summed E-state index contributed by atoms with van der Waals surface area (Å²) in [4.78, 5) is 11.1. The predicted molar refractivity (Wildman–Crippen MR) is 65.3 cm³/mol. The first-order valence-electron chi connectivity index (χ1n) is 5.22. The highest BCUT2D eigenvalue weighted by atomic mass is 16.1. The number of allylic oxidation sites excluding steroid dienone is 5. The van der Waals surface area contributed by atoms with Crippen LogP contribution in [0.5, 0.6) is 0 Å². The topological polar surface area (TPSA) is 29.1 Å². The van der Waals surface area contributed by atoms with Crippen LogP contribution in [0, 0.1) is 0 Å². The van der Waals surface area contributed by atoms with E-state index in [4.69, 9.17) is 0 Å². The van der Waals surface area contributed by atoms with Gasteiger partial charge in [0.1, 0.15) is 0 Å². The van der Waals surface area contributed by atoms with E-state index in [-0.39, 0.29) is 5.91 Å². The lowest BCUT2D eigenvalue weighted by molar-refractivity contribution is -0.120. The van der Waals surface area contributed by atoms with Gasteiger partial charge in [0.05, 0.1) is 0 Å². The molecule has 1 N–H and O–H groups in total. The van der Waals surface area contributed by atoms with Crippen molar-refractivity contribution in [2.24, 2.45) is 0 Å². The van der Waals surface area contributed by atoms with E-state index >= 15 is 0 Å². The molecule has 0 radical (unpaired) electrons. The Morgan fingerprint density at radius 3 is 2.27 bits per heavy atom. The van der Waals surface area contributed by atoms with Gasteiger partial charge in [-0.15, -0.1) is 0 Å². The molecule has 0 aliphatic carbocycles. The molecule has 1 heterocycles. The molecule has 0 spiro atoms. The monoisotopic (exact) mass is 205 g/mol. The van der Waals surface area contributed by atoms with Crippen LogP contribution in [-0.2, 0) is 4.79 Å². The molecule has 0 atom stereocenters. The molecule has 0 unspecified atom stereocenters.